The summed E-state index contributed by atoms with van der Waals surface area (Å²) in [4.78, 5) is 1.15. The molecule has 4 heteroatoms. The van der Waals surface area contributed by atoms with E-state index in [0.717, 1.165) is 8.66 Å². The van der Waals surface area contributed by atoms with Gasteiger partial charge in [-0.15, -0.1) is 11.3 Å². The molecule has 1 aromatic rings. The van der Waals surface area contributed by atoms with E-state index >= 15 is 0 Å². The quantitative estimate of drug-likeness (QED) is 0.880. The average molecular weight is 263 g/mol. The van der Waals surface area contributed by atoms with Crippen LogP contribution >= 0.6 is 27.3 Å². The van der Waals surface area contributed by atoms with E-state index in [2.05, 4.69) is 29.8 Å². The van der Waals surface area contributed by atoms with Crippen LogP contribution in [0.4, 0.5) is 0 Å². The Morgan fingerprint density at radius 2 is 1.92 bits per heavy atom. The van der Waals surface area contributed by atoms with Crippen molar-refractivity contribution in [1.29, 1.82) is 0 Å². The minimum absolute atomic E-state index is 0.0329. The van der Waals surface area contributed by atoms with E-state index in [1.54, 1.807) is 11.3 Å². The Morgan fingerprint density at radius 1 is 1.31 bits per heavy atom. The summed E-state index contributed by atoms with van der Waals surface area (Å²) in [6.07, 6.45) is 0. The normalized spacial score (nSPS) is 16.2. The summed E-state index contributed by atoms with van der Waals surface area (Å²) in [6, 6.07) is 4.02. The van der Waals surface area contributed by atoms with Crippen LogP contribution < -0.4 is 11.5 Å². The van der Waals surface area contributed by atoms with Crippen molar-refractivity contribution in [2.24, 2.45) is 17.4 Å². The van der Waals surface area contributed by atoms with Crippen molar-refractivity contribution in [3.63, 3.8) is 0 Å². The van der Waals surface area contributed by atoms with E-state index in [1.165, 1.54) is 0 Å². The van der Waals surface area contributed by atoms with Gasteiger partial charge in [0.2, 0.25) is 0 Å². The van der Waals surface area contributed by atoms with Gasteiger partial charge in [-0.05, 0) is 34.0 Å². The Labute approximate surface area is 91.4 Å². The zero-order chi connectivity index (χ0) is 10.0. The number of halogens is 1. The fourth-order valence-electron chi connectivity index (χ4n) is 1.11. The van der Waals surface area contributed by atoms with Gasteiger partial charge in [0.05, 0.1) is 9.83 Å². The highest BCUT2D eigenvalue weighted by molar-refractivity contribution is 9.11. The highest BCUT2D eigenvalue weighted by Gasteiger charge is 2.19. The molecular formula is C9H15BrN2S. The fraction of sp³-hybridized carbons (Fsp3) is 0.556. The third-order valence-corrected chi connectivity index (χ3v) is 3.83. The zero-order valence-electron chi connectivity index (χ0n) is 7.83. The van der Waals surface area contributed by atoms with Crippen LogP contribution in [-0.2, 0) is 0 Å². The number of hydrogen-bond donors (Lipinski definition) is 2. The van der Waals surface area contributed by atoms with Gasteiger partial charge in [-0.2, -0.15) is 0 Å². The maximum Gasteiger partial charge on any atom is 0.0702 e. The van der Waals surface area contributed by atoms with Gasteiger partial charge in [-0.25, -0.2) is 0 Å². The smallest absolute Gasteiger partial charge is 0.0702 e. The molecule has 1 heterocycles. The Balaban J connectivity index is 2.73. The second kappa shape index (κ2) is 4.55. The summed E-state index contributed by atoms with van der Waals surface area (Å²) in [5, 5.41) is 0. The minimum atomic E-state index is -0.0451. The molecule has 0 saturated heterocycles. The van der Waals surface area contributed by atoms with Crippen LogP contribution in [0.1, 0.15) is 24.8 Å². The standard InChI is InChI=1S/C9H15BrN2S/c1-5(2)8(11)9(12)6-3-4-7(10)13-6/h3-5,8-9H,11-12H2,1-2H3/t8-,9-/m0/s1. The minimum Gasteiger partial charge on any atom is -0.326 e. The summed E-state index contributed by atoms with van der Waals surface area (Å²) in [6.45, 7) is 4.18. The van der Waals surface area contributed by atoms with Gasteiger partial charge < -0.3 is 11.5 Å². The first-order valence-corrected chi connectivity index (χ1v) is 5.89. The highest BCUT2D eigenvalue weighted by atomic mass is 79.9. The molecule has 13 heavy (non-hydrogen) atoms. The Kier molecular flexibility index (Phi) is 3.91. The third kappa shape index (κ3) is 2.77. The fourth-order valence-corrected chi connectivity index (χ4v) is 2.60. The first-order chi connectivity index (χ1) is 6.02. The molecule has 0 saturated carbocycles. The second-order valence-corrected chi connectivity index (χ2v) is 5.98. The van der Waals surface area contributed by atoms with Crippen LogP contribution in [0.25, 0.3) is 0 Å². The molecule has 0 bridgehead atoms. The van der Waals surface area contributed by atoms with E-state index < -0.39 is 0 Å². The van der Waals surface area contributed by atoms with Gasteiger partial charge in [-0.3, -0.25) is 0 Å². The van der Waals surface area contributed by atoms with Gasteiger partial charge in [-0.1, -0.05) is 13.8 Å². The average Bonchev–Trinajstić information content (AvgIpc) is 2.49. The molecule has 74 valence electrons. The van der Waals surface area contributed by atoms with Crippen molar-refractivity contribution in [3.8, 4) is 0 Å². The SMILES string of the molecule is CC(C)[C@H](N)[C@@H](N)c1ccc(Br)s1. The Morgan fingerprint density at radius 3 is 2.31 bits per heavy atom. The van der Waals surface area contributed by atoms with Gasteiger partial charge in [0.1, 0.15) is 0 Å². The van der Waals surface area contributed by atoms with E-state index in [9.17, 15) is 0 Å². The van der Waals surface area contributed by atoms with Crippen LogP contribution in [0.15, 0.2) is 15.9 Å². The Hall–Kier alpha value is 0.1000. The van der Waals surface area contributed by atoms with Crippen LogP contribution in [0, 0.1) is 5.92 Å². The molecule has 0 aromatic carbocycles. The van der Waals surface area contributed by atoms with E-state index in [1.807, 2.05) is 12.1 Å². The molecule has 4 N–H and O–H groups in total. The summed E-state index contributed by atoms with van der Waals surface area (Å²) >= 11 is 5.06. The molecule has 0 aliphatic heterocycles. The molecule has 1 rings (SSSR count). The van der Waals surface area contributed by atoms with E-state index in [-0.39, 0.29) is 12.1 Å². The largest absolute Gasteiger partial charge is 0.326 e. The molecule has 1 aromatic heterocycles. The molecule has 0 aliphatic carbocycles. The molecule has 0 amide bonds. The topological polar surface area (TPSA) is 52.0 Å². The van der Waals surface area contributed by atoms with Crippen molar-refractivity contribution < 1.29 is 0 Å². The number of rotatable bonds is 3. The van der Waals surface area contributed by atoms with Crippen molar-refractivity contribution in [2.45, 2.75) is 25.9 Å². The van der Waals surface area contributed by atoms with E-state index in [4.69, 9.17) is 11.5 Å². The summed E-state index contributed by atoms with van der Waals surface area (Å²) in [5.74, 6) is 0.413. The van der Waals surface area contributed by atoms with Crippen LogP contribution in [0.5, 0.6) is 0 Å². The van der Waals surface area contributed by atoms with Crippen molar-refractivity contribution in [3.05, 3.63) is 20.8 Å². The number of thiophene rings is 1. The first kappa shape index (κ1) is 11.2. The molecule has 0 aliphatic rings. The lowest BCUT2D eigenvalue weighted by atomic mass is 9.97. The van der Waals surface area contributed by atoms with Gasteiger partial charge in [0.25, 0.3) is 0 Å². The third-order valence-electron chi connectivity index (χ3n) is 2.11. The van der Waals surface area contributed by atoms with Crippen molar-refractivity contribution in [1.82, 2.24) is 0 Å². The second-order valence-electron chi connectivity index (χ2n) is 3.49. The molecule has 2 nitrogen and oxygen atoms in total. The number of nitrogens with two attached hydrogens (primary N) is 2. The number of hydrogen-bond acceptors (Lipinski definition) is 3. The van der Waals surface area contributed by atoms with Crippen LogP contribution in [0.3, 0.4) is 0 Å². The molecule has 0 fully saturated rings. The van der Waals surface area contributed by atoms with Crippen molar-refractivity contribution >= 4 is 27.3 Å². The maximum atomic E-state index is 6.02. The molecular weight excluding hydrogens is 248 g/mol. The van der Waals surface area contributed by atoms with Crippen LogP contribution in [-0.4, -0.2) is 6.04 Å². The summed E-state index contributed by atoms with van der Waals surface area (Å²) in [5.41, 5.74) is 12.0. The zero-order valence-corrected chi connectivity index (χ0v) is 10.2. The molecule has 2 atom stereocenters. The monoisotopic (exact) mass is 262 g/mol. The lowest BCUT2D eigenvalue weighted by Gasteiger charge is -2.21. The predicted molar refractivity (Wildman–Crippen MR) is 61.8 cm³/mol. The maximum absolute atomic E-state index is 6.02. The molecule has 0 unspecified atom stereocenters. The lowest BCUT2D eigenvalue weighted by Crippen LogP contribution is -2.37. The summed E-state index contributed by atoms with van der Waals surface area (Å²) < 4.78 is 1.11. The molecule has 0 radical (unpaired) electrons. The van der Waals surface area contributed by atoms with Gasteiger partial charge >= 0.3 is 0 Å². The van der Waals surface area contributed by atoms with Gasteiger partial charge in [0, 0.05) is 10.9 Å². The predicted octanol–water partition coefficient (Wildman–Crippen LogP) is 2.49. The Bertz CT molecular complexity index is 272. The van der Waals surface area contributed by atoms with Crippen molar-refractivity contribution in [2.75, 3.05) is 0 Å². The molecule has 0 spiro atoms. The van der Waals surface area contributed by atoms with Crippen LogP contribution in [0.2, 0.25) is 0 Å². The van der Waals surface area contributed by atoms with E-state index in [0.29, 0.717) is 5.92 Å². The first-order valence-electron chi connectivity index (χ1n) is 4.28. The lowest BCUT2D eigenvalue weighted by molar-refractivity contribution is 0.427. The van der Waals surface area contributed by atoms with Gasteiger partial charge in [0.15, 0.2) is 0 Å². The summed E-state index contributed by atoms with van der Waals surface area (Å²) in [7, 11) is 0. The highest BCUT2D eigenvalue weighted by Crippen LogP contribution is 2.28.